The van der Waals surface area contributed by atoms with Crippen LogP contribution in [0, 0.1) is 5.92 Å². The molecule has 0 aromatic heterocycles. The quantitative estimate of drug-likeness (QED) is 0.794. The van der Waals surface area contributed by atoms with E-state index in [2.05, 4.69) is 49.2 Å². The minimum atomic E-state index is -0.0450. The van der Waals surface area contributed by atoms with Crippen molar-refractivity contribution in [2.24, 2.45) is 5.92 Å². The van der Waals surface area contributed by atoms with Crippen LogP contribution < -0.4 is 5.32 Å². The van der Waals surface area contributed by atoms with Crippen LogP contribution in [0.3, 0.4) is 0 Å². The van der Waals surface area contributed by atoms with E-state index in [1.54, 1.807) is 0 Å². The maximum absolute atomic E-state index is 12.6. The molecule has 0 bridgehead atoms. The van der Waals surface area contributed by atoms with Crippen molar-refractivity contribution < 1.29 is 4.79 Å². The number of carbonyl (C=O) groups is 1. The first-order valence-corrected chi connectivity index (χ1v) is 9.74. The average Bonchev–Trinajstić information content (AvgIpc) is 2.64. The van der Waals surface area contributed by atoms with Crippen molar-refractivity contribution in [3.63, 3.8) is 0 Å². The zero-order valence-electron chi connectivity index (χ0n) is 16.2. The number of nitrogens with zero attached hydrogens (tertiary/aromatic N) is 1. The lowest BCUT2D eigenvalue weighted by Crippen LogP contribution is -2.32. The van der Waals surface area contributed by atoms with Crippen LogP contribution in [-0.2, 0) is 6.54 Å². The van der Waals surface area contributed by atoms with Crippen LogP contribution in [0.5, 0.6) is 0 Å². The molecular weight excluding hydrogens is 320 g/mol. The minimum Gasteiger partial charge on any atom is -0.322 e. The van der Waals surface area contributed by atoms with Gasteiger partial charge in [0.1, 0.15) is 0 Å². The Balaban J connectivity index is 1.62. The van der Waals surface area contributed by atoms with E-state index < -0.39 is 0 Å². The van der Waals surface area contributed by atoms with Gasteiger partial charge in [0.05, 0.1) is 0 Å². The molecule has 0 aliphatic carbocycles. The molecule has 26 heavy (non-hydrogen) atoms. The molecule has 1 saturated heterocycles. The Kier molecular flexibility index (Phi) is 6.10. The lowest BCUT2D eigenvalue weighted by atomic mass is 9.98. The number of hydrogen-bond acceptors (Lipinski definition) is 2. The molecule has 1 amide bonds. The second-order valence-corrected chi connectivity index (χ2v) is 7.85. The smallest absolute Gasteiger partial charge is 0.255 e. The van der Waals surface area contributed by atoms with Crippen molar-refractivity contribution in [2.75, 3.05) is 18.4 Å². The molecule has 1 N–H and O–H groups in total. The van der Waals surface area contributed by atoms with Crippen molar-refractivity contribution in [1.82, 2.24) is 4.90 Å². The highest BCUT2D eigenvalue weighted by Crippen LogP contribution is 2.24. The average molecular weight is 351 g/mol. The zero-order chi connectivity index (χ0) is 18.5. The topological polar surface area (TPSA) is 32.3 Å². The van der Waals surface area contributed by atoms with Crippen LogP contribution in [0.25, 0.3) is 0 Å². The van der Waals surface area contributed by atoms with Crippen LogP contribution >= 0.6 is 0 Å². The van der Waals surface area contributed by atoms with Gasteiger partial charge in [-0.2, -0.15) is 0 Å². The Labute approximate surface area is 157 Å². The molecule has 2 aromatic rings. The summed E-state index contributed by atoms with van der Waals surface area (Å²) in [6, 6.07) is 16.1. The molecule has 0 atom stereocenters. The summed E-state index contributed by atoms with van der Waals surface area (Å²) in [4.78, 5) is 15.1. The molecule has 0 saturated carbocycles. The van der Waals surface area contributed by atoms with Gasteiger partial charge in [0.2, 0.25) is 0 Å². The third-order valence-electron chi connectivity index (χ3n) is 5.33. The third kappa shape index (κ3) is 4.73. The molecular formula is C23H30N2O. The molecule has 1 heterocycles. The molecule has 1 fully saturated rings. The number of piperidine rings is 1. The molecule has 2 aromatic carbocycles. The second kappa shape index (κ2) is 8.50. The summed E-state index contributed by atoms with van der Waals surface area (Å²) in [6.45, 7) is 9.94. The van der Waals surface area contributed by atoms with Gasteiger partial charge in [0, 0.05) is 17.8 Å². The van der Waals surface area contributed by atoms with Gasteiger partial charge in [0.25, 0.3) is 5.91 Å². The minimum absolute atomic E-state index is 0.0450. The zero-order valence-corrected chi connectivity index (χ0v) is 16.2. The number of para-hydroxylation sites is 1. The van der Waals surface area contributed by atoms with Crippen LogP contribution in [0.1, 0.15) is 61.0 Å². The number of nitrogens with one attached hydrogen (secondary N) is 1. The Hall–Kier alpha value is -2.13. The van der Waals surface area contributed by atoms with Gasteiger partial charge in [-0.25, -0.2) is 0 Å². The summed E-state index contributed by atoms with van der Waals surface area (Å²) < 4.78 is 0. The van der Waals surface area contributed by atoms with Crippen LogP contribution in [0.4, 0.5) is 5.69 Å². The number of hydrogen-bond donors (Lipinski definition) is 1. The van der Waals surface area contributed by atoms with Crippen molar-refractivity contribution >= 4 is 11.6 Å². The number of anilines is 1. The monoisotopic (exact) mass is 350 g/mol. The number of amides is 1. The van der Waals surface area contributed by atoms with E-state index >= 15 is 0 Å². The molecule has 138 valence electrons. The van der Waals surface area contributed by atoms with Gasteiger partial charge in [-0.05, 0) is 67.1 Å². The molecule has 0 spiro atoms. The normalized spacial score (nSPS) is 16.0. The Morgan fingerprint density at radius 1 is 1.08 bits per heavy atom. The van der Waals surface area contributed by atoms with E-state index in [1.165, 1.54) is 31.5 Å². The third-order valence-corrected chi connectivity index (χ3v) is 5.33. The number of likely N-dealkylation sites (tertiary alicyclic amines) is 1. The number of carbonyl (C=O) groups excluding carboxylic acids is 1. The first kappa shape index (κ1) is 18.7. The Morgan fingerprint density at radius 2 is 1.73 bits per heavy atom. The highest BCUT2D eigenvalue weighted by atomic mass is 16.1. The van der Waals surface area contributed by atoms with Crippen molar-refractivity contribution in [3.05, 3.63) is 65.2 Å². The fourth-order valence-electron chi connectivity index (χ4n) is 3.55. The van der Waals surface area contributed by atoms with E-state index in [-0.39, 0.29) is 5.91 Å². The van der Waals surface area contributed by atoms with Crippen molar-refractivity contribution in [3.8, 4) is 0 Å². The molecule has 1 aliphatic rings. The molecule has 0 radical (unpaired) electrons. The maximum Gasteiger partial charge on any atom is 0.255 e. The van der Waals surface area contributed by atoms with E-state index in [4.69, 9.17) is 0 Å². The highest BCUT2D eigenvalue weighted by molar-refractivity contribution is 6.04. The van der Waals surface area contributed by atoms with E-state index in [0.717, 1.165) is 23.7 Å². The van der Waals surface area contributed by atoms with E-state index in [0.29, 0.717) is 11.5 Å². The fraction of sp³-hybridized carbons (Fsp3) is 0.435. The molecule has 0 unspecified atom stereocenters. The second-order valence-electron chi connectivity index (χ2n) is 7.85. The van der Waals surface area contributed by atoms with Crippen molar-refractivity contribution in [2.45, 2.75) is 46.1 Å². The summed E-state index contributed by atoms with van der Waals surface area (Å²) in [6.07, 6.45) is 2.57. The predicted octanol–water partition coefficient (Wildman–Crippen LogP) is 5.29. The number of rotatable bonds is 5. The van der Waals surface area contributed by atoms with Gasteiger partial charge >= 0.3 is 0 Å². The SMILES string of the molecule is CC1CCN(Cc2ccc(C(=O)Nc3ccccc3C(C)C)cc2)CC1. The lowest BCUT2D eigenvalue weighted by Gasteiger charge is -2.30. The number of benzene rings is 2. The first-order chi connectivity index (χ1) is 12.5. The van der Waals surface area contributed by atoms with Gasteiger partial charge < -0.3 is 5.32 Å². The molecule has 3 nitrogen and oxygen atoms in total. The largest absolute Gasteiger partial charge is 0.322 e. The van der Waals surface area contributed by atoms with Crippen LogP contribution in [0.15, 0.2) is 48.5 Å². The van der Waals surface area contributed by atoms with Crippen molar-refractivity contribution in [1.29, 1.82) is 0 Å². The Bertz CT molecular complexity index is 728. The summed E-state index contributed by atoms with van der Waals surface area (Å²) in [5.41, 5.74) is 4.05. The van der Waals surface area contributed by atoms with E-state index in [9.17, 15) is 4.79 Å². The van der Waals surface area contributed by atoms with Gasteiger partial charge in [-0.15, -0.1) is 0 Å². The van der Waals surface area contributed by atoms with E-state index in [1.807, 2.05) is 30.3 Å². The standard InChI is InChI=1S/C23H30N2O/c1-17(2)21-6-4-5-7-22(21)24-23(26)20-10-8-19(9-11-20)16-25-14-12-18(3)13-15-25/h4-11,17-18H,12-16H2,1-3H3,(H,24,26). The Morgan fingerprint density at radius 3 is 2.38 bits per heavy atom. The molecule has 1 aliphatic heterocycles. The lowest BCUT2D eigenvalue weighted by molar-refractivity contribution is 0.102. The highest BCUT2D eigenvalue weighted by Gasteiger charge is 2.16. The molecule has 3 rings (SSSR count). The van der Waals surface area contributed by atoms with Gasteiger partial charge in [-0.3, -0.25) is 9.69 Å². The summed E-state index contributed by atoms with van der Waals surface area (Å²) in [5.74, 6) is 1.18. The molecule has 3 heteroatoms. The summed E-state index contributed by atoms with van der Waals surface area (Å²) >= 11 is 0. The van der Waals surface area contributed by atoms with Crippen LogP contribution in [0.2, 0.25) is 0 Å². The van der Waals surface area contributed by atoms with Gasteiger partial charge in [0.15, 0.2) is 0 Å². The summed E-state index contributed by atoms with van der Waals surface area (Å²) in [5, 5.41) is 3.06. The van der Waals surface area contributed by atoms with Gasteiger partial charge in [-0.1, -0.05) is 51.1 Å². The van der Waals surface area contributed by atoms with Crippen LogP contribution in [-0.4, -0.2) is 23.9 Å². The fourth-order valence-corrected chi connectivity index (χ4v) is 3.55. The first-order valence-electron chi connectivity index (χ1n) is 9.74. The maximum atomic E-state index is 12.6. The predicted molar refractivity (Wildman–Crippen MR) is 109 cm³/mol. The summed E-state index contributed by atoms with van der Waals surface area (Å²) in [7, 11) is 0.